The second kappa shape index (κ2) is 15.2. The number of alkyl carbamates (subject to hydrolysis) is 1. The lowest BCUT2D eigenvalue weighted by Gasteiger charge is -2.30. The van der Waals surface area contributed by atoms with Gasteiger partial charge in [0.2, 0.25) is 20.0 Å². The summed E-state index contributed by atoms with van der Waals surface area (Å²) in [5.41, 5.74) is 5.18. The van der Waals surface area contributed by atoms with Crippen molar-refractivity contribution in [3.63, 3.8) is 0 Å². The Morgan fingerprint density at radius 1 is 0.789 bits per heavy atom. The van der Waals surface area contributed by atoms with Crippen molar-refractivity contribution in [1.82, 2.24) is 14.8 Å². The maximum atomic E-state index is 11.6. The highest BCUT2D eigenvalue weighted by Crippen LogP contribution is 2.20. The molecule has 2 aliphatic carbocycles. The molecule has 0 aromatic carbocycles. The Balaban J connectivity index is 0.000000612. The van der Waals surface area contributed by atoms with Gasteiger partial charge >= 0.3 is 18.2 Å². The van der Waals surface area contributed by atoms with E-state index < -0.39 is 43.9 Å². The summed E-state index contributed by atoms with van der Waals surface area (Å²) in [4.78, 5) is 20.5. The SMILES string of the molecule is CC(C)(C)OC(=O)NC1CCC(NS(C)(=O)=O)CC1.CS(=O)(=O)NC1CCC(N)CC1.O=C(O)C(F)(F)F. The van der Waals surface area contributed by atoms with Gasteiger partial charge in [-0.3, -0.25) is 0 Å². The van der Waals surface area contributed by atoms with E-state index >= 15 is 0 Å². The van der Waals surface area contributed by atoms with Crippen molar-refractivity contribution in [2.45, 2.75) is 108 Å². The fraction of sp³-hybridized carbons (Fsp3) is 0.905. The number of aliphatic carboxylic acids is 1. The number of hydrogen-bond donors (Lipinski definition) is 5. The van der Waals surface area contributed by atoms with E-state index in [9.17, 15) is 34.8 Å². The van der Waals surface area contributed by atoms with Gasteiger partial charge in [0.05, 0.1) is 12.5 Å². The number of carbonyl (C=O) groups excluding carboxylic acids is 1. The van der Waals surface area contributed by atoms with Gasteiger partial charge in [0.25, 0.3) is 0 Å². The molecule has 0 radical (unpaired) electrons. The van der Waals surface area contributed by atoms with Gasteiger partial charge in [0, 0.05) is 24.2 Å². The summed E-state index contributed by atoms with van der Waals surface area (Å²) in [6.07, 6.45) is 3.43. The highest BCUT2D eigenvalue weighted by molar-refractivity contribution is 7.89. The molecule has 0 unspecified atom stereocenters. The van der Waals surface area contributed by atoms with Crippen molar-refractivity contribution in [3.05, 3.63) is 0 Å². The van der Waals surface area contributed by atoms with E-state index in [1.807, 2.05) is 20.8 Å². The number of nitrogens with two attached hydrogens (primary N) is 1. The first-order chi connectivity index (χ1) is 17.0. The molecule has 2 aliphatic rings. The molecule has 6 N–H and O–H groups in total. The molecule has 0 bridgehead atoms. The minimum absolute atomic E-state index is 0.0216. The molecule has 17 heteroatoms. The smallest absolute Gasteiger partial charge is 0.475 e. The van der Waals surface area contributed by atoms with Crippen LogP contribution < -0.4 is 20.5 Å². The third-order valence-electron chi connectivity index (χ3n) is 5.22. The Morgan fingerprint density at radius 2 is 1.11 bits per heavy atom. The van der Waals surface area contributed by atoms with Crippen molar-refractivity contribution < 1.29 is 49.4 Å². The van der Waals surface area contributed by atoms with E-state index in [2.05, 4.69) is 14.8 Å². The molecule has 0 heterocycles. The van der Waals surface area contributed by atoms with Crippen LogP contribution in [0.15, 0.2) is 0 Å². The molecule has 0 aromatic rings. The lowest BCUT2D eigenvalue weighted by Crippen LogP contribution is -2.44. The van der Waals surface area contributed by atoms with Crippen LogP contribution in [0, 0.1) is 0 Å². The number of carboxylic acid groups (broad SMARTS) is 1. The van der Waals surface area contributed by atoms with E-state index in [0.717, 1.165) is 57.6 Å². The summed E-state index contributed by atoms with van der Waals surface area (Å²) < 4.78 is 86.0. The van der Waals surface area contributed by atoms with Crippen LogP contribution in [0.5, 0.6) is 0 Å². The molecule has 2 rings (SSSR count). The molecule has 0 saturated heterocycles. The normalized spacial score (nSPS) is 24.6. The number of ether oxygens (including phenoxy) is 1. The molecule has 0 aromatic heterocycles. The molecule has 0 spiro atoms. The minimum atomic E-state index is -5.08. The third-order valence-corrected chi connectivity index (χ3v) is 6.75. The second-order valence-electron chi connectivity index (χ2n) is 10.4. The molecule has 0 aliphatic heterocycles. The van der Waals surface area contributed by atoms with Crippen LogP contribution in [0.25, 0.3) is 0 Å². The Labute approximate surface area is 222 Å². The van der Waals surface area contributed by atoms with Crippen LogP contribution in [0.3, 0.4) is 0 Å². The zero-order chi connectivity index (χ0) is 29.9. The van der Waals surface area contributed by atoms with Gasteiger partial charge in [0.1, 0.15) is 5.60 Å². The molecule has 2 saturated carbocycles. The highest BCUT2D eigenvalue weighted by atomic mass is 32.2. The Bertz CT molecular complexity index is 954. The molecule has 1 amide bonds. The minimum Gasteiger partial charge on any atom is -0.475 e. The first kappa shape index (κ1) is 36.3. The summed E-state index contributed by atoms with van der Waals surface area (Å²) >= 11 is 0. The van der Waals surface area contributed by atoms with E-state index in [1.165, 1.54) is 6.26 Å². The molecule has 0 atom stereocenters. The van der Waals surface area contributed by atoms with Gasteiger partial charge in [-0.25, -0.2) is 35.9 Å². The second-order valence-corrected chi connectivity index (χ2v) is 13.9. The van der Waals surface area contributed by atoms with Gasteiger partial charge in [-0.15, -0.1) is 0 Å². The summed E-state index contributed by atoms with van der Waals surface area (Å²) in [7, 11) is -6.18. The Kier molecular flexibility index (Phi) is 14.5. The van der Waals surface area contributed by atoms with Crippen molar-refractivity contribution in [1.29, 1.82) is 0 Å². The van der Waals surface area contributed by atoms with E-state index in [4.69, 9.17) is 20.4 Å². The molecule has 38 heavy (non-hydrogen) atoms. The predicted molar refractivity (Wildman–Crippen MR) is 135 cm³/mol. The number of alkyl halides is 3. The summed E-state index contributed by atoms with van der Waals surface area (Å²) in [5, 5.41) is 9.95. The van der Waals surface area contributed by atoms with Crippen LogP contribution in [0.2, 0.25) is 0 Å². The first-order valence-electron chi connectivity index (χ1n) is 12.0. The summed E-state index contributed by atoms with van der Waals surface area (Å²) in [6, 6.07) is 0.418. The number of carboxylic acids is 1. The maximum Gasteiger partial charge on any atom is 0.490 e. The number of sulfonamides is 2. The fourth-order valence-electron chi connectivity index (χ4n) is 3.67. The Morgan fingerprint density at radius 3 is 1.39 bits per heavy atom. The van der Waals surface area contributed by atoms with Crippen LogP contribution in [-0.2, 0) is 29.6 Å². The summed E-state index contributed by atoms with van der Waals surface area (Å²) in [6.45, 7) is 5.46. The number of rotatable bonds is 5. The van der Waals surface area contributed by atoms with Gasteiger partial charge < -0.3 is 20.9 Å². The quantitative estimate of drug-likeness (QED) is 0.314. The highest BCUT2D eigenvalue weighted by Gasteiger charge is 2.38. The topological polar surface area (TPSA) is 194 Å². The molecule has 226 valence electrons. The van der Waals surface area contributed by atoms with Gasteiger partial charge in [-0.1, -0.05) is 0 Å². The zero-order valence-corrected chi connectivity index (χ0v) is 23.9. The lowest BCUT2D eigenvalue weighted by atomic mass is 9.92. The number of carbonyl (C=O) groups is 2. The van der Waals surface area contributed by atoms with Gasteiger partial charge in [-0.2, -0.15) is 13.2 Å². The van der Waals surface area contributed by atoms with Crippen LogP contribution in [-0.4, -0.2) is 82.5 Å². The predicted octanol–water partition coefficient (Wildman–Crippen LogP) is 1.81. The molecule has 2 fully saturated rings. The summed E-state index contributed by atoms with van der Waals surface area (Å²) in [5.74, 6) is -2.76. The monoisotopic (exact) mass is 598 g/mol. The average molecular weight is 599 g/mol. The average Bonchev–Trinajstić information content (AvgIpc) is 2.68. The lowest BCUT2D eigenvalue weighted by molar-refractivity contribution is -0.192. The Hall–Kier alpha value is -1.69. The van der Waals surface area contributed by atoms with Crippen LogP contribution in [0.4, 0.5) is 18.0 Å². The molecular weight excluding hydrogens is 557 g/mol. The van der Waals surface area contributed by atoms with E-state index in [1.54, 1.807) is 0 Å². The number of halogens is 3. The van der Waals surface area contributed by atoms with Crippen molar-refractivity contribution in [2.75, 3.05) is 12.5 Å². The molecular formula is C21H41F3N4O8S2. The first-order valence-corrected chi connectivity index (χ1v) is 15.7. The molecule has 12 nitrogen and oxygen atoms in total. The zero-order valence-electron chi connectivity index (χ0n) is 22.3. The number of nitrogens with one attached hydrogen (secondary N) is 3. The maximum absolute atomic E-state index is 11.6. The van der Waals surface area contributed by atoms with Crippen LogP contribution >= 0.6 is 0 Å². The van der Waals surface area contributed by atoms with Gasteiger partial charge in [0.15, 0.2) is 0 Å². The van der Waals surface area contributed by atoms with Crippen LogP contribution in [0.1, 0.15) is 72.1 Å². The van der Waals surface area contributed by atoms with Gasteiger partial charge in [-0.05, 0) is 72.1 Å². The van der Waals surface area contributed by atoms with Crippen molar-refractivity contribution in [3.8, 4) is 0 Å². The van der Waals surface area contributed by atoms with E-state index in [0.29, 0.717) is 0 Å². The standard InChI is InChI=1S/C12H24N2O4S.C7H16N2O2S.C2HF3O2/c1-12(2,3)18-11(15)13-9-5-7-10(8-6-9)14-19(4,16)17;1-12(10,11)9-7-4-2-6(8)3-5-7;3-2(4,5)1(6)7/h9-10,14H,5-8H2,1-4H3,(H,13,15);6-7,9H,2-5,8H2,1H3;(H,6,7). The number of amides is 1. The third kappa shape index (κ3) is 20.3. The fourth-order valence-corrected chi connectivity index (χ4v) is 5.35. The van der Waals surface area contributed by atoms with E-state index in [-0.39, 0.29) is 24.2 Å². The van der Waals surface area contributed by atoms with Crippen molar-refractivity contribution in [2.24, 2.45) is 5.73 Å². The largest absolute Gasteiger partial charge is 0.490 e. The number of hydrogen-bond acceptors (Lipinski definition) is 8. The van der Waals surface area contributed by atoms with Crippen molar-refractivity contribution >= 4 is 32.1 Å².